The Kier molecular flexibility index (Phi) is 5.20. The van der Waals surface area contributed by atoms with Crippen LogP contribution in [0.5, 0.6) is 0 Å². The molecule has 8 nitrogen and oxygen atoms in total. The molecule has 0 aliphatic rings. The molecule has 0 amide bonds. The van der Waals surface area contributed by atoms with Crippen LogP contribution in [0.15, 0.2) is 62.4 Å². The van der Waals surface area contributed by atoms with Gasteiger partial charge in [0.1, 0.15) is 0 Å². The summed E-state index contributed by atoms with van der Waals surface area (Å²) in [4.78, 5) is 12.3. The Bertz CT molecular complexity index is 1220. The number of nitrogens with zero attached hydrogens (tertiary/aromatic N) is 3. The lowest BCUT2D eigenvalue weighted by Crippen LogP contribution is -2.14. The number of benzene rings is 2. The molecule has 0 spiro atoms. The summed E-state index contributed by atoms with van der Waals surface area (Å²) in [6.45, 7) is 1.62. The molecule has 1 heterocycles. The van der Waals surface area contributed by atoms with Crippen LogP contribution in [0.1, 0.15) is 5.69 Å². The fraction of sp³-hybridized carbons (Fsp3) is 0.0625. The highest BCUT2D eigenvalue weighted by molar-refractivity contribution is 7.85. The second-order valence-corrected chi connectivity index (χ2v) is 7.73. The van der Waals surface area contributed by atoms with Crippen LogP contribution in [0.4, 0.5) is 11.4 Å². The summed E-state index contributed by atoms with van der Waals surface area (Å²) in [5.41, 5.74) is 0.543. The van der Waals surface area contributed by atoms with E-state index in [2.05, 4.69) is 15.3 Å². The molecule has 0 bridgehead atoms. The summed E-state index contributed by atoms with van der Waals surface area (Å²) >= 11 is 11.8. The van der Waals surface area contributed by atoms with Crippen molar-refractivity contribution in [2.24, 2.45) is 10.2 Å². The largest absolute Gasteiger partial charge is 0.299 e. The van der Waals surface area contributed by atoms with Gasteiger partial charge < -0.3 is 0 Å². The van der Waals surface area contributed by atoms with E-state index in [1.165, 1.54) is 24.3 Å². The maximum Gasteiger partial charge on any atom is 0.299 e. The van der Waals surface area contributed by atoms with Gasteiger partial charge in [-0.1, -0.05) is 29.3 Å². The van der Waals surface area contributed by atoms with E-state index in [0.29, 0.717) is 21.4 Å². The van der Waals surface area contributed by atoms with Gasteiger partial charge in [0.2, 0.25) is 0 Å². The van der Waals surface area contributed by atoms with Crippen LogP contribution < -0.4 is 5.56 Å². The number of H-pyrrole nitrogens is 1. The average Bonchev–Trinajstić information content (AvgIpc) is 2.89. The number of hydrogen-bond donors (Lipinski definition) is 2. The molecule has 0 fully saturated rings. The van der Waals surface area contributed by atoms with Crippen LogP contribution in [0.3, 0.4) is 0 Å². The van der Waals surface area contributed by atoms with Crippen LogP contribution in [-0.2, 0) is 10.1 Å². The quantitative estimate of drug-likeness (QED) is 0.473. The lowest BCUT2D eigenvalue weighted by Gasteiger charge is -2.03. The third kappa shape index (κ3) is 4.11. The van der Waals surface area contributed by atoms with E-state index >= 15 is 0 Å². The minimum atomic E-state index is -4.40. The molecule has 27 heavy (non-hydrogen) atoms. The molecule has 0 saturated carbocycles. The zero-order chi connectivity index (χ0) is 19.8. The van der Waals surface area contributed by atoms with Crippen molar-refractivity contribution in [1.82, 2.24) is 9.78 Å². The number of nitrogens with one attached hydrogen (secondary N) is 1. The molecule has 3 rings (SSSR count). The highest BCUT2D eigenvalue weighted by atomic mass is 35.5. The second-order valence-electron chi connectivity index (χ2n) is 5.50. The van der Waals surface area contributed by atoms with Gasteiger partial charge in [-0.3, -0.25) is 14.4 Å². The Labute approximate surface area is 163 Å². The third-order valence-electron chi connectivity index (χ3n) is 3.58. The highest BCUT2D eigenvalue weighted by Crippen LogP contribution is 2.27. The van der Waals surface area contributed by atoms with Crippen molar-refractivity contribution in [3.63, 3.8) is 0 Å². The van der Waals surface area contributed by atoms with Crippen LogP contribution >= 0.6 is 23.2 Å². The monoisotopic (exact) mass is 426 g/mol. The van der Waals surface area contributed by atoms with E-state index in [0.717, 1.165) is 10.7 Å². The van der Waals surface area contributed by atoms with Crippen molar-refractivity contribution >= 4 is 44.7 Å². The van der Waals surface area contributed by atoms with Gasteiger partial charge in [-0.25, -0.2) is 4.68 Å². The first-order chi connectivity index (χ1) is 12.7. The van der Waals surface area contributed by atoms with Crippen molar-refractivity contribution in [1.29, 1.82) is 0 Å². The van der Waals surface area contributed by atoms with Crippen LogP contribution in [0.25, 0.3) is 5.69 Å². The van der Waals surface area contributed by atoms with Gasteiger partial charge in [-0.2, -0.15) is 13.5 Å². The zero-order valence-electron chi connectivity index (χ0n) is 13.7. The van der Waals surface area contributed by atoms with Crippen LogP contribution in [0.2, 0.25) is 10.0 Å². The van der Waals surface area contributed by atoms with Crippen molar-refractivity contribution in [2.45, 2.75) is 11.8 Å². The minimum Gasteiger partial charge on any atom is -0.293 e. The number of aromatic nitrogens is 2. The molecular formula is C16H12Cl2N4O4S. The van der Waals surface area contributed by atoms with Crippen molar-refractivity contribution < 1.29 is 13.0 Å². The number of aromatic amines is 1. The van der Waals surface area contributed by atoms with Gasteiger partial charge in [0, 0.05) is 0 Å². The standard InChI is InChI=1S/C16H12Cl2N4O4S/c1-9-15(20-19-10-5-6-13(17)14(18)7-10)16(23)22(21-9)11-3-2-4-12(8-11)27(24,25)26/h2-8,21H,1H3,(H,24,25,26). The first-order valence-electron chi connectivity index (χ1n) is 7.43. The fourth-order valence-corrected chi connectivity index (χ4v) is 3.09. The molecule has 0 radical (unpaired) electrons. The Morgan fingerprint density at radius 1 is 1.07 bits per heavy atom. The van der Waals surface area contributed by atoms with E-state index in [1.54, 1.807) is 19.1 Å². The average molecular weight is 427 g/mol. The van der Waals surface area contributed by atoms with E-state index < -0.39 is 15.7 Å². The molecular weight excluding hydrogens is 415 g/mol. The summed E-state index contributed by atoms with van der Waals surface area (Å²) in [5.74, 6) is 0. The van der Waals surface area contributed by atoms with Gasteiger partial charge in [0.25, 0.3) is 15.7 Å². The Morgan fingerprint density at radius 2 is 1.81 bits per heavy atom. The predicted molar refractivity (Wildman–Crippen MR) is 102 cm³/mol. The number of halogens is 2. The Hall–Kier alpha value is -2.46. The Balaban J connectivity index is 2.02. The molecule has 0 saturated heterocycles. The minimum absolute atomic E-state index is 0.0401. The van der Waals surface area contributed by atoms with Crippen LogP contribution in [0, 0.1) is 6.92 Å². The molecule has 140 valence electrons. The first kappa shape index (κ1) is 19.3. The maximum absolute atomic E-state index is 12.6. The van der Waals surface area contributed by atoms with E-state index in [9.17, 15) is 13.2 Å². The van der Waals surface area contributed by atoms with Gasteiger partial charge in [-0.15, -0.1) is 5.11 Å². The SMILES string of the molecule is Cc1[nH]n(-c2cccc(S(=O)(=O)O)c2)c(=O)c1N=Nc1ccc(Cl)c(Cl)c1. The van der Waals surface area contributed by atoms with Crippen LogP contribution in [-0.4, -0.2) is 22.8 Å². The molecule has 11 heteroatoms. The van der Waals surface area contributed by atoms with Crippen molar-refractivity contribution in [3.8, 4) is 5.69 Å². The molecule has 2 N–H and O–H groups in total. The van der Waals surface area contributed by atoms with Gasteiger partial charge >= 0.3 is 0 Å². The van der Waals surface area contributed by atoms with Gasteiger partial charge in [0.05, 0.1) is 32.0 Å². The molecule has 0 unspecified atom stereocenters. The lowest BCUT2D eigenvalue weighted by molar-refractivity contribution is 0.483. The summed E-state index contributed by atoms with van der Waals surface area (Å²) < 4.78 is 32.8. The van der Waals surface area contributed by atoms with Gasteiger partial charge in [-0.05, 0) is 43.3 Å². The lowest BCUT2D eigenvalue weighted by atomic mass is 10.3. The summed E-state index contributed by atoms with van der Waals surface area (Å²) in [6, 6.07) is 9.93. The van der Waals surface area contributed by atoms with Gasteiger partial charge in [0.15, 0.2) is 5.69 Å². The normalized spacial score (nSPS) is 12.0. The predicted octanol–water partition coefficient (Wildman–Crippen LogP) is 4.44. The van der Waals surface area contributed by atoms with Crippen molar-refractivity contribution in [3.05, 3.63) is 68.6 Å². The van der Waals surface area contributed by atoms with E-state index in [-0.39, 0.29) is 16.3 Å². The molecule has 0 aliphatic heterocycles. The summed E-state index contributed by atoms with van der Waals surface area (Å²) in [6.07, 6.45) is 0. The fourth-order valence-electron chi connectivity index (χ4n) is 2.28. The number of azo groups is 1. The topological polar surface area (TPSA) is 117 Å². The summed E-state index contributed by atoms with van der Waals surface area (Å²) in [7, 11) is -4.40. The first-order valence-corrected chi connectivity index (χ1v) is 9.63. The molecule has 0 atom stereocenters. The number of aryl methyl sites for hydroxylation is 1. The molecule has 0 aliphatic carbocycles. The van der Waals surface area contributed by atoms with Crippen molar-refractivity contribution in [2.75, 3.05) is 0 Å². The van der Waals surface area contributed by atoms with E-state index in [1.807, 2.05) is 0 Å². The third-order valence-corrected chi connectivity index (χ3v) is 5.17. The second kappa shape index (κ2) is 7.28. The molecule has 2 aromatic carbocycles. The zero-order valence-corrected chi connectivity index (χ0v) is 16.0. The number of rotatable bonds is 4. The highest BCUT2D eigenvalue weighted by Gasteiger charge is 2.15. The molecule has 1 aromatic heterocycles. The smallest absolute Gasteiger partial charge is 0.293 e. The maximum atomic E-state index is 12.6. The number of hydrogen-bond acceptors (Lipinski definition) is 5. The van der Waals surface area contributed by atoms with E-state index in [4.69, 9.17) is 27.8 Å². The molecule has 3 aromatic rings. The summed E-state index contributed by atoms with van der Waals surface area (Å²) in [5, 5.41) is 11.4. The Morgan fingerprint density at radius 3 is 2.48 bits per heavy atom.